The third kappa shape index (κ3) is 6.14. The van der Waals surface area contributed by atoms with Crippen molar-refractivity contribution in [3.05, 3.63) is 35.9 Å². The summed E-state index contributed by atoms with van der Waals surface area (Å²) in [5.41, 5.74) is 0.757. The molecule has 0 aliphatic carbocycles. The van der Waals surface area contributed by atoms with Crippen molar-refractivity contribution >= 4 is 16.0 Å². The van der Waals surface area contributed by atoms with E-state index in [2.05, 4.69) is 4.72 Å². The zero-order valence-electron chi connectivity index (χ0n) is 11.3. The smallest absolute Gasteiger partial charge is 0.322 e. The van der Waals surface area contributed by atoms with E-state index in [9.17, 15) is 13.2 Å². The van der Waals surface area contributed by atoms with Crippen LogP contribution in [0.15, 0.2) is 30.3 Å². The molecule has 0 aliphatic rings. The largest absolute Gasteiger partial charge is 0.480 e. The Morgan fingerprint density at radius 2 is 2.00 bits per heavy atom. The molecule has 0 aromatic heterocycles. The Kier molecular flexibility index (Phi) is 6.63. The van der Waals surface area contributed by atoms with Crippen molar-refractivity contribution in [2.24, 2.45) is 0 Å². The van der Waals surface area contributed by atoms with Gasteiger partial charge in [0.2, 0.25) is 10.0 Å². The Bertz CT molecular complexity index is 515. The van der Waals surface area contributed by atoms with Crippen LogP contribution in [0.25, 0.3) is 0 Å². The summed E-state index contributed by atoms with van der Waals surface area (Å²) in [6.07, 6.45) is 0.101. The van der Waals surface area contributed by atoms with Gasteiger partial charge in [0.25, 0.3) is 0 Å². The monoisotopic (exact) mass is 301 g/mol. The predicted octanol–water partition coefficient (Wildman–Crippen LogP) is 0.638. The number of hydrogen-bond donors (Lipinski definition) is 2. The van der Waals surface area contributed by atoms with Crippen molar-refractivity contribution in [3.8, 4) is 0 Å². The number of aliphatic carboxylic acids is 1. The normalized spacial score (nSPS) is 13.1. The van der Waals surface area contributed by atoms with Crippen LogP contribution in [0.4, 0.5) is 0 Å². The molecule has 0 amide bonds. The van der Waals surface area contributed by atoms with Crippen molar-refractivity contribution in [2.75, 3.05) is 19.0 Å². The zero-order valence-corrected chi connectivity index (χ0v) is 12.1. The van der Waals surface area contributed by atoms with Gasteiger partial charge in [-0.1, -0.05) is 30.3 Å². The van der Waals surface area contributed by atoms with Crippen molar-refractivity contribution in [3.63, 3.8) is 0 Å². The Balaban J connectivity index is 2.65. The highest BCUT2D eigenvalue weighted by molar-refractivity contribution is 7.89. The van der Waals surface area contributed by atoms with Gasteiger partial charge in [-0.15, -0.1) is 0 Å². The molecule has 7 heteroatoms. The maximum atomic E-state index is 11.8. The summed E-state index contributed by atoms with van der Waals surface area (Å²) < 4.78 is 30.7. The molecule has 6 nitrogen and oxygen atoms in total. The molecule has 0 saturated carbocycles. The van der Waals surface area contributed by atoms with E-state index >= 15 is 0 Å². The van der Waals surface area contributed by atoms with Gasteiger partial charge < -0.3 is 9.84 Å². The van der Waals surface area contributed by atoms with E-state index in [0.717, 1.165) is 5.56 Å². The summed E-state index contributed by atoms with van der Waals surface area (Å²) in [6, 6.07) is 7.69. The Hall–Kier alpha value is -1.44. The minimum Gasteiger partial charge on any atom is -0.480 e. The summed E-state index contributed by atoms with van der Waals surface area (Å²) in [5.74, 6) is -1.45. The summed E-state index contributed by atoms with van der Waals surface area (Å²) >= 11 is 0. The lowest BCUT2D eigenvalue weighted by Crippen LogP contribution is -2.43. The van der Waals surface area contributed by atoms with Crippen molar-refractivity contribution in [1.82, 2.24) is 4.72 Å². The second kappa shape index (κ2) is 7.98. The number of ether oxygens (including phenoxy) is 1. The fourth-order valence-corrected chi connectivity index (χ4v) is 2.69. The number of sulfonamides is 1. The summed E-state index contributed by atoms with van der Waals surface area (Å²) in [7, 11) is -3.67. The first-order valence-electron chi connectivity index (χ1n) is 6.29. The third-order valence-electron chi connectivity index (χ3n) is 2.60. The summed E-state index contributed by atoms with van der Waals surface area (Å²) in [6.45, 7) is 2.22. The molecule has 112 valence electrons. The van der Waals surface area contributed by atoms with E-state index in [0.29, 0.717) is 6.61 Å². The molecule has 0 heterocycles. The Labute approximate surface area is 118 Å². The third-order valence-corrected chi connectivity index (χ3v) is 3.95. The molecule has 0 radical (unpaired) electrons. The molecule has 1 aromatic rings. The standard InChI is InChI=1S/C13H19NO5S/c1-2-19-8-9-20(17,18)14-12(13(15)16)10-11-6-4-3-5-7-11/h3-7,12,14H,2,8-10H2,1H3,(H,15,16)/t12-/m1/s1. The van der Waals surface area contributed by atoms with E-state index in [-0.39, 0.29) is 18.8 Å². The number of carboxylic acid groups (broad SMARTS) is 1. The quantitative estimate of drug-likeness (QED) is 0.653. The van der Waals surface area contributed by atoms with Crippen LogP contribution in [0, 0.1) is 0 Å². The summed E-state index contributed by atoms with van der Waals surface area (Å²) in [5, 5.41) is 9.11. The molecule has 0 bridgehead atoms. The predicted molar refractivity (Wildman–Crippen MR) is 75.0 cm³/mol. The molecule has 1 aromatic carbocycles. The minimum absolute atomic E-state index is 0.0451. The first-order chi connectivity index (χ1) is 9.44. The lowest BCUT2D eigenvalue weighted by molar-refractivity contribution is -0.138. The van der Waals surface area contributed by atoms with Crippen LogP contribution in [0.5, 0.6) is 0 Å². The molecular formula is C13H19NO5S. The average Bonchev–Trinajstić information content (AvgIpc) is 2.39. The average molecular weight is 301 g/mol. The van der Waals surface area contributed by atoms with Crippen molar-refractivity contribution in [1.29, 1.82) is 0 Å². The van der Waals surface area contributed by atoms with Crippen molar-refractivity contribution < 1.29 is 23.1 Å². The lowest BCUT2D eigenvalue weighted by atomic mass is 10.1. The maximum Gasteiger partial charge on any atom is 0.322 e. The van der Waals surface area contributed by atoms with Gasteiger partial charge >= 0.3 is 5.97 Å². The van der Waals surface area contributed by atoms with E-state index in [1.54, 1.807) is 31.2 Å². The molecule has 1 atom stereocenters. The molecule has 0 spiro atoms. The van der Waals surface area contributed by atoms with Gasteiger partial charge in [0.15, 0.2) is 0 Å². The van der Waals surface area contributed by atoms with E-state index in [1.807, 2.05) is 6.07 Å². The van der Waals surface area contributed by atoms with Crippen LogP contribution in [0.1, 0.15) is 12.5 Å². The molecule has 0 fully saturated rings. The SMILES string of the molecule is CCOCCS(=O)(=O)N[C@H](Cc1ccccc1)C(=O)O. The number of benzene rings is 1. The van der Waals surface area contributed by atoms with E-state index in [1.165, 1.54) is 0 Å². The summed E-state index contributed by atoms with van der Waals surface area (Å²) in [4.78, 5) is 11.2. The molecule has 2 N–H and O–H groups in total. The molecule has 0 aliphatic heterocycles. The lowest BCUT2D eigenvalue weighted by Gasteiger charge is -2.14. The second-order valence-corrected chi connectivity index (χ2v) is 6.09. The minimum atomic E-state index is -3.67. The van der Waals surface area contributed by atoms with Crippen LogP contribution in [0.2, 0.25) is 0 Å². The van der Waals surface area contributed by atoms with Crippen LogP contribution >= 0.6 is 0 Å². The van der Waals surface area contributed by atoms with Crippen LogP contribution < -0.4 is 4.72 Å². The molecule has 20 heavy (non-hydrogen) atoms. The Morgan fingerprint density at radius 1 is 1.35 bits per heavy atom. The number of carboxylic acids is 1. The molecule has 0 unspecified atom stereocenters. The maximum absolute atomic E-state index is 11.8. The van der Waals surface area contributed by atoms with Gasteiger partial charge in [0.05, 0.1) is 12.4 Å². The number of hydrogen-bond acceptors (Lipinski definition) is 4. The topological polar surface area (TPSA) is 92.7 Å². The van der Waals surface area contributed by atoms with Gasteiger partial charge in [0.1, 0.15) is 6.04 Å². The highest BCUT2D eigenvalue weighted by Gasteiger charge is 2.24. The van der Waals surface area contributed by atoms with Gasteiger partial charge in [-0.2, -0.15) is 0 Å². The highest BCUT2D eigenvalue weighted by atomic mass is 32.2. The van der Waals surface area contributed by atoms with Gasteiger partial charge in [0, 0.05) is 6.61 Å². The Morgan fingerprint density at radius 3 is 2.55 bits per heavy atom. The van der Waals surface area contributed by atoms with Crippen LogP contribution in [-0.4, -0.2) is 44.5 Å². The molecular weight excluding hydrogens is 282 g/mol. The van der Waals surface area contributed by atoms with E-state index in [4.69, 9.17) is 9.84 Å². The molecule has 0 saturated heterocycles. The van der Waals surface area contributed by atoms with Crippen LogP contribution in [0.3, 0.4) is 0 Å². The number of carbonyl (C=O) groups is 1. The fourth-order valence-electron chi connectivity index (χ4n) is 1.62. The highest BCUT2D eigenvalue weighted by Crippen LogP contribution is 2.05. The van der Waals surface area contributed by atoms with E-state index < -0.39 is 22.0 Å². The first kappa shape index (κ1) is 16.6. The zero-order chi connectivity index (χ0) is 15.0. The van der Waals surface area contributed by atoms with Crippen LogP contribution in [-0.2, 0) is 26.0 Å². The first-order valence-corrected chi connectivity index (χ1v) is 7.94. The molecule has 1 rings (SSSR count). The number of rotatable bonds is 9. The fraction of sp³-hybridized carbons (Fsp3) is 0.462. The van der Waals surface area contributed by atoms with Crippen molar-refractivity contribution in [2.45, 2.75) is 19.4 Å². The van der Waals surface area contributed by atoms with Gasteiger partial charge in [-0.05, 0) is 18.9 Å². The van der Waals surface area contributed by atoms with Gasteiger partial charge in [-0.25, -0.2) is 13.1 Å². The van der Waals surface area contributed by atoms with Gasteiger partial charge in [-0.3, -0.25) is 4.79 Å². The second-order valence-electron chi connectivity index (χ2n) is 4.21. The number of nitrogens with one attached hydrogen (secondary N) is 1.